The molecule has 4 nitrogen and oxygen atoms in total. The van der Waals surface area contributed by atoms with Gasteiger partial charge in [-0.1, -0.05) is 23.2 Å². The first-order chi connectivity index (χ1) is 10.1. The maximum atomic E-state index is 5.94. The fourth-order valence-electron chi connectivity index (χ4n) is 1.93. The summed E-state index contributed by atoms with van der Waals surface area (Å²) in [6.07, 6.45) is 4.31. The van der Waals surface area contributed by atoms with Crippen LogP contribution in [0.25, 0.3) is 0 Å². The van der Waals surface area contributed by atoms with Crippen molar-refractivity contribution in [3.05, 3.63) is 45.7 Å². The summed E-state index contributed by atoms with van der Waals surface area (Å²) in [5.41, 5.74) is 1.99. The predicted molar refractivity (Wildman–Crippen MR) is 83.2 cm³/mol. The Kier molecular flexibility index (Phi) is 4.29. The Hall–Kier alpha value is -1.36. The second-order valence-electron chi connectivity index (χ2n) is 5.13. The molecule has 0 saturated heterocycles. The van der Waals surface area contributed by atoms with Crippen LogP contribution in [0.2, 0.25) is 10.0 Å². The Morgan fingerprint density at radius 3 is 2.57 bits per heavy atom. The Morgan fingerprint density at radius 1 is 1.24 bits per heavy atom. The number of rotatable bonds is 5. The van der Waals surface area contributed by atoms with E-state index in [1.807, 2.05) is 6.92 Å². The second kappa shape index (κ2) is 6.18. The van der Waals surface area contributed by atoms with Gasteiger partial charge in [-0.25, -0.2) is 4.98 Å². The van der Waals surface area contributed by atoms with Crippen molar-refractivity contribution in [3.8, 4) is 11.8 Å². The van der Waals surface area contributed by atoms with Gasteiger partial charge in [0.25, 0.3) is 0 Å². The van der Waals surface area contributed by atoms with Crippen molar-refractivity contribution in [3.63, 3.8) is 0 Å². The lowest BCUT2D eigenvalue weighted by Gasteiger charge is -2.09. The normalized spacial score (nSPS) is 14.2. The van der Waals surface area contributed by atoms with E-state index in [0.29, 0.717) is 27.8 Å². The van der Waals surface area contributed by atoms with Crippen LogP contribution in [0.3, 0.4) is 0 Å². The molecule has 0 bridgehead atoms. The quantitative estimate of drug-likeness (QED) is 0.898. The SMILES string of the molecule is Cc1nc(Oc2cc(Cl)cc(Cl)c2)ncc1CNC1CC1. The van der Waals surface area contributed by atoms with Crippen molar-refractivity contribution in [2.75, 3.05) is 0 Å². The van der Waals surface area contributed by atoms with E-state index in [1.54, 1.807) is 24.4 Å². The van der Waals surface area contributed by atoms with Gasteiger partial charge in [-0.15, -0.1) is 0 Å². The molecule has 1 aromatic heterocycles. The van der Waals surface area contributed by atoms with Crippen molar-refractivity contribution in [2.45, 2.75) is 32.4 Å². The molecule has 1 fully saturated rings. The number of aromatic nitrogens is 2. The zero-order valence-electron chi connectivity index (χ0n) is 11.6. The van der Waals surface area contributed by atoms with Crippen molar-refractivity contribution < 1.29 is 4.74 Å². The monoisotopic (exact) mass is 323 g/mol. The van der Waals surface area contributed by atoms with E-state index in [4.69, 9.17) is 27.9 Å². The number of benzene rings is 1. The predicted octanol–water partition coefficient (Wildman–Crippen LogP) is 4.14. The van der Waals surface area contributed by atoms with Gasteiger partial charge in [0.1, 0.15) is 5.75 Å². The molecule has 3 rings (SSSR count). The molecule has 6 heteroatoms. The number of halogens is 2. The molecule has 0 atom stereocenters. The summed E-state index contributed by atoms with van der Waals surface area (Å²) in [4.78, 5) is 8.60. The van der Waals surface area contributed by atoms with Gasteiger partial charge in [-0.2, -0.15) is 4.98 Å². The summed E-state index contributed by atoms with van der Waals surface area (Å²) in [5, 5.41) is 4.47. The molecule has 1 heterocycles. The third-order valence-electron chi connectivity index (χ3n) is 3.26. The third kappa shape index (κ3) is 4.06. The van der Waals surface area contributed by atoms with Crippen LogP contribution in [0, 0.1) is 6.92 Å². The van der Waals surface area contributed by atoms with E-state index in [-0.39, 0.29) is 0 Å². The molecular formula is C15H15Cl2N3O. The fourth-order valence-corrected chi connectivity index (χ4v) is 2.43. The largest absolute Gasteiger partial charge is 0.424 e. The molecule has 0 radical (unpaired) electrons. The lowest BCUT2D eigenvalue weighted by molar-refractivity contribution is 0.439. The highest BCUT2D eigenvalue weighted by Gasteiger charge is 2.20. The van der Waals surface area contributed by atoms with Crippen molar-refractivity contribution >= 4 is 23.2 Å². The molecule has 0 unspecified atom stereocenters. The first kappa shape index (κ1) is 14.6. The highest BCUT2D eigenvalue weighted by atomic mass is 35.5. The average molecular weight is 324 g/mol. The minimum absolute atomic E-state index is 0.293. The minimum atomic E-state index is 0.293. The van der Waals surface area contributed by atoms with E-state index in [0.717, 1.165) is 17.8 Å². The second-order valence-corrected chi connectivity index (χ2v) is 6.00. The number of aryl methyl sites for hydroxylation is 1. The van der Waals surface area contributed by atoms with Gasteiger partial charge in [0.05, 0.1) is 0 Å². The summed E-state index contributed by atoms with van der Waals surface area (Å²) >= 11 is 11.9. The van der Waals surface area contributed by atoms with Crippen LogP contribution >= 0.6 is 23.2 Å². The summed E-state index contributed by atoms with van der Waals surface area (Å²) in [6.45, 7) is 2.74. The van der Waals surface area contributed by atoms with E-state index in [2.05, 4.69) is 15.3 Å². The van der Waals surface area contributed by atoms with Crippen LogP contribution < -0.4 is 10.1 Å². The van der Waals surface area contributed by atoms with Gasteiger partial charge in [-0.3, -0.25) is 0 Å². The Balaban J connectivity index is 1.71. The minimum Gasteiger partial charge on any atom is -0.424 e. The highest BCUT2D eigenvalue weighted by molar-refractivity contribution is 6.34. The molecule has 0 spiro atoms. The van der Waals surface area contributed by atoms with Crippen molar-refractivity contribution in [1.82, 2.24) is 15.3 Å². The molecule has 21 heavy (non-hydrogen) atoms. The van der Waals surface area contributed by atoms with Gasteiger partial charge in [0.15, 0.2) is 0 Å². The highest BCUT2D eigenvalue weighted by Crippen LogP contribution is 2.27. The van der Waals surface area contributed by atoms with E-state index in [1.165, 1.54) is 12.8 Å². The van der Waals surface area contributed by atoms with E-state index >= 15 is 0 Å². The van der Waals surface area contributed by atoms with Gasteiger partial charge in [-0.05, 0) is 38.0 Å². The molecule has 1 aromatic carbocycles. The summed E-state index contributed by atoms with van der Waals surface area (Å²) < 4.78 is 5.60. The van der Waals surface area contributed by atoms with Gasteiger partial charge >= 0.3 is 6.01 Å². The number of hydrogen-bond acceptors (Lipinski definition) is 4. The summed E-state index contributed by atoms with van der Waals surface area (Å²) in [5.74, 6) is 0.524. The van der Waals surface area contributed by atoms with Crippen LogP contribution in [0.4, 0.5) is 0 Å². The molecular weight excluding hydrogens is 309 g/mol. The van der Waals surface area contributed by atoms with Crippen molar-refractivity contribution in [1.29, 1.82) is 0 Å². The standard InChI is InChI=1S/C15H15Cl2N3O/c1-9-10(7-18-13-2-3-13)8-19-15(20-9)21-14-5-11(16)4-12(17)6-14/h4-6,8,13,18H,2-3,7H2,1H3. The summed E-state index contributed by atoms with van der Waals surface area (Å²) in [6, 6.07) is 5.95. The molecule has 2 aromatic rings. The smallest absolute Gasteiger partial charge is 0.322 e. The number of nitrogens with zero attached hydrogens (tertiary/aromatic N) is 2. The topological polar surface area (TPSA) is 47.0 Å². The molecule has 1 aliphatic rings. The van der Waals surface area contributed by atoms with Crippen LogP contribution in [0.15, 0.2) is 24.4 Å². The maximum absolute atomic E-state index is 5.94. The zero-order chi connectivity index (χ0) is 14.8. The summed E-state index contributed by atoms with van der Waals surface area (Å²) in [7, 11) is 0. The molecule has 0 amide bonds. The molecule has 0 aliphatic heterocycles. The maximum Gasteiger partial charge on any atom is 0.322 e. The molecule has 1 aliphatic carbocycles. The Bertz CT molecular complexity index is 639. The fraction of sp³-hybridized carbons (Fsp3) is 0.333. The number of nitrogens with one attached hydrogen (secondary N) is 1. The van der Waals surface area contributed by atoms with Gasteiger partial charge in [0, 0.05) is 40.1 Å². The van der Waals surface area contributed by atoms with Crippen LogP contribution in [0.1, 0.15) is 24.1 Å². The Labute approximate surface area is 133 Å². The lowest BCUT2D eigenvalue weighted by Crippen LogP contribution is -2.16. The first-order valence-corrected chi connectivity index (χ1v) is 7.55. The van der Waals surface area contributed by atoms with Crippen molar-refractivity contribution in [2.24, 2.45) is 0 Å². The number of ether oxygens (including phenoxy) is 1. The van der Waals surface area contributed by atoms with E-state index in [9.17, 15) is 0 Å². The van der Waals surface area contributed by atoms with Crippen LogP contribution in [-0.4, -0.2) is 16.0 Å². The molecule has 1 saturated carbocycles. The van der Waals surface area contributed by atoms with Crippen LogP contribution in [-0.2, 0) is 6.54 Å². The van der Waals surface area contributed by atoms with Gasteiger partial charge < -0.3 is 10.1 Å². The van der Waals surface area contributed by atoms with Gasteiger partial charge in [0.2, 0.25) is 0 Å². The lowest BCUT2D eigenvalue weighted by atomic mass is 10.2. The average Bonchev–Trinajstić information content (AvgIpc) is 3.20. The number of hydrogen-bond donors (Lipinski definition) is 1. The zero-order valence-corrected chi connectivity index (χ0v) is 13.1. The molecule has 1 N–H and O–H groups in total. The first-order valence-electron chi connectivity index (χ1n) is 6.80. The molecule has 110 valence electrons. The third-order valence-corrected chi connectivity index (χ3v) is 3.70. The van der Waals surface area contributed by atoms with E-state index < -0.39 is 0 Å². The van der Waals surface area contributed by atoms with Crippen LogP contribution in [0.5, 0.6) is 11.8 Å². The Morgan fingerprint density at radius 2 is 1.95 bits per heavy atom.